The molecule has 0 aromatic carbocycles. The van der Waals surface area contributed by atoms with Gasteiger partial charge in [0.05, 0.1) is 4.88 Å². The van der Waals surface area contributed by atoms with Crippen LogP contribution in [0.4, 0.5) is 13.2 Å². The van der Waals surface area contributed by atoms with Crippen LogP contribution in [0.3, 0.4) is 0 Å². The van der Waals surface area contributed by atoms with Crippen molar-refractivity contribution in [1.82, 2.24) is 14.8 Å². The van der Waals surface area contributed by atoms with Gasteiger partial charge in [0, 0.05) is 24.7 Å². The van der Waals surface area contributed by atoms with Crippen LogP contribution in [-0.2, 0) is 21.0 Å². The Hall–Kier alpha value is -2.18. The highest BCUT2D eigenvalue weighted by atomic mass is 32.2. The van der Waals surface area contributed by atoms with Crippen LogP contribution in [0.25, 0.3) is 10.6 Å². The summed E-state index contributed by atoms with van der Waals surface area (Å²) < 4.78 is 69.3. The SMILES string of the molecule is C=CC(=O)NC1(C)CCN(S(=O)(=O)c2ccc(-c3cc(C(F)(F)F)on3)s2)CC1. The lowest BCUT2D eigenvalue weighted by Crippen LogP contribution is -2.53. The number of carbonyl (C=O) groups is 1. The zero-order chi connectivity index (χ0) is 21.4. The molecule has 1 aliphatic rings. The number of piperidine rings is 1. The second-order valence-corrected chi connectivity index (χ2v) is 10.1. The van der Waals surface area contributed by atoms with E-state index in [1.807, 2.05) is 6.92 Å². The van der Waals surface area contributed by atoms with Crippen molar-refractivity contribution in [3.8, 4) is 10.6 Å². The van der Waals surface area contributed by atoms with Crippen LogP contribution in [0.2, 0.25) is 0 Å². The number of carbonyl (C=O) groups excluding carboxylic acids is 1. The third kappa shape index (κ3) is 4.54. The van der Waals surface area contributed by atoms with E-state index >= 15 is 0 Å². The highest BCUT2D eigenvalue weighted by molar-refractivity contribution is 7.91. The van der Waals surface area contributed by atoms with Gasteiger partial charge >= 0.3 is 6.18 Å². The van der Waals surface area contributed by atoms with Crippen LogP contribution in [0.15, 0.2) is 39.6 Å². The standard InChI is InChI=1S/C17H18F3N3O4S2/c1-3-14(24)21-16(2)6-8-23(9-7-16)29(25,26)15-5-4-12(28-15)11-10-13(27-22-11)17(18,19)20/h3-5,10H,1,6-9H2,2H3,(H,21,24). The number of nitrogens with zero attached hydrogens (tertiary/aromatic N) is 2. The molecule has 7 nitrogen and oxygen atoms in total. The van der Waals surface area contributed by atoms with Crippen LogP contribution in [0.5, 0.6) is 0 Å². The Bertz CT molecular complexity index is 1020. The molecule has 0 radical (unpaired) electrons. The summed E-state index contributed by atoms with van der Waals surface area (Å²) in [7, 11) is -3.82. The molecular formula is C17H18F3N3O4S2. The largest absolute Gasteiger partial charge is 0.452 e. The lowest BCUT2D eigenvalue weighted by molar-refractivity contribution is -0.155. The van der Waals surface area contributed by atoms with E-state index in [2.05, 4.69) is 21.6 Å². The summed E-state index contributed by atoms with van der Waals surface area (Å²) in [6.45, 7) is 5.64. The molecule has 1 saturated heterocycles. The molecule has 2 aromatic heterocycles. The molecule has 0 bridgehead atoms. The molecule has 3 rings (SSSR count). The second-order valence-electron chi connectivity index (χ2n) is 6.85. The Morgan fingerprint density at radius 1 is 1.38 bits per heavy atom. The van der Waals surface area contributed by atoms with Gasteiger partial charge in [0.15, 0.2) is 0 Å². The molecule has 1 fully saturated rings. The highest BCUT2D eigenvalue weighted by Gasteiger charge is 2.38. The van der Waals surface area contributed by atoms with E-state index in [9.17, 15) is 26.4 Å². The fourth-order valence-corrected chi connectivity index (χ4v) is 5.80. The van der Waals surface area contributed by atoms with Crippen molar-refractivity contribution in [1.29, 1.82) is 0 Å². The first kappa shape index (κ1) is 21.5. The Morgan fingerprint density at radius 2 is 2.03 bits per heavy atom. The quantitative estimate of drug-likeness (QED) is 0.708. The van der Waals surface area contributed by atoms with Gasteiger partial charge in [-0.1, -0.05) is 11.7 Å². The Balaban J connectivity index is 1.74. The van der Waals surface area contributed by atoms with Crippen molar-refractivity contribution in [3.63, 3.8) is 0 Å². The molecule has 1 N–H and O–H groups in total. The summed E-state index contributed by atoms with van der Waals surface area (Å²) in [6, 6.07) is 3.47. The molecule has 1 aliphatic heterocycles. The summed E-state index contributed by atoms with van der Waals surface area (Å²) in [4.78, 5) is 11.8. The van der Waals surface area contributed by atoms with E-state index in [1.165, 1.54) is 16.4 Å². The molecule has 3 heterocycles. The van der Waals surface area contributed by atoms with Gasteiger partial charge < -0.3 is 9.84 Å². The fourth-order valence-electron chi connectivity index (χ4n) is 2.94. The number of thiophene rings is 1. The predicted octanol–water partition coefficient (Wildman–Crippen LogP) is 3.27. The lowest BCUT2D eigenvalue weighted by Gasteiger charge is -2.38. The van der Waals surface area contributed by atoms with E-state index in [0.717, 1.165) is 23.5 Å². The molecule has 0 unspecified atom stereocenters. The smallest absolute Gasteiger partial charge is 0.351 e. The maximum absolute atomic E-state index is 12.9. The zero-order valence-corrected chi connectivity index (χ0v) is 17.0. The number of rotatable bonds is 5. The molecule has 158 valence electrons. The van der Waals surface area contributed by atoms with Crippen LogP contribution < -0.4 is 5.32 Å². The van der Waals surface area contributed by atoms with Gasteiger partial charge in [-0.3, -0.25) is 4.79 Å². The van der Waals surface area contributed by atoms with Gasteiger partial charge in [-0.15, -0.1) is 11.3 Å². The van der Waals surface area contributed by atoms with Crippen molar-refractivity contribution < 1.29 is 30.9 Å². The number of amides is 1. The number of alkyl halides is 3. The van der Waals surface area contributed by atoms with Crippen LogP contribution >= 0.6 is 11.3 Å². The third-order valence-electron chi connectivity index (χ3n) is 4.65. The number of halogens is 3. The van der Waals surface area contributed by atoms with Gasteiger partial charge in [0.25, 0.3) is 10.0 Å². The molecule has 0 saturated carbocycles. The highest BCUT2D eigenvalue weighted by Crippen LogP contribution is 2.36. The Kier molecular flexibility index (Phi) is 5.62. The van der Waals surface area contributed by atoms with Gasteiger partial charge in [-0.2, -0.15) is 17.5 Å². The van der Waals surface area contributed by atoms with Crippen LogP contribution in [0, 0.1) is 0 Å². The van der Waals surface area contributed by atoms with E-state index < -0.39 is 27.5 Å². The topological polar surface area (TPSA) is 92.5 Å². The normalized spacial score (nSPS) is 17.8. The van der Waals surface area contributed by atoms with Crippen LogP contribution in [0.1, 0.15) is 25.5 Å². The average molecular weight is 449 g/mol. The minimum absolute atomic E-state index is 0.00258. The van der Waals surface area contributed by atoms with E-state index in [1.54, 1.807) is 0 Å². The Morgan fingerprint density at radius 3 is 2.59 bits per heavy atom. The molecule has 12 heteroatoms. The van der Waals surface area contributed by atoms with Crippen LogP contribution in [-0.4, -0.2) is 42.4 Å². The van der Waals surface area contributed by atoms with Gasteiger partial charge in [0.1, 0.15) is 9.90 Å². The number of hydrogen-bond acceptors (Lipinski definition) is 6. The minimum Gasteiger partial charge on any atom is -0.351 e. The maximum atomic E-state index is 12.9. The average Bonchev–Trinajstić information content (AvgIpc) is 3.31. The molecular weight excluding hydrogens is 431 g/mol. The van der Waals surface area contributed by atoms with E-state index in [0.29, 0.717) is 12.8 Å². The monoisotopic (exact) mass is 449 g/mol. The fraction of sp³-hybridized carbons (Fsp3) is 0.412. The summed E-state index contributed by atoms with van der Waals surface area (Å²) in [6.07, 6.45) is -2.67. The first-order valence-corrected chi connectivity index (χ1v) is 10.8. The summed E-state index contributed by atoms with van der Waals surface area (Å²) >= 11 is 0.822. The van der Waals surface area contributed by atoms with E-state index in [4.69, 9.17) is 0 Å². The van der Waals surface area contributed by atoms with Gasteiger partial charge in [-0.05, 0) is 38.0 Å². The maximum Gasteiger partial charge on any atom is 0.452 e. The van der Waals surface area contributed by atoms with Crippen molar-refractivity contribution >= 4 is 27.3 Å². The van der Waals surface area contributed by atoms with Crippen molar-refractivity contribution in [2.24, 2.45) is 0 Å². The number of nitrogens with one attached hydrogen (secondary N) is 1. The molecule has 29 heavy (non-hydrogen) atoms. The van der Waals surface area contributed by atoms with Gasteiger partial charge in [-0.25, -0.2) is 8.42 Å². The molecule has 1 amide bonds. The summed E-state index contributed by atoms with van der Waals surface area (Å²) in [5.41, 5.74) is -0.616. The molecule has 0 aliphatic carbocycles. The second kappa shape index (κ2) is 7.58. The van der Waals surface area contributed by atoms with Crippen molar-refractivity contribution in [2.45, 2.75) is 35.7 Å². The molecule has 0 atom stereocenters. The van der Waals surface area contributed by atoms with Gasteiger partial charge in [0.2, 0.25) is 11.7 Å². The minimum atomic E-state index is -4.67. The molecule has 2 aromatic rings. The predicted molar refractivity (Wildman–Crippen MR) is 99.6 cm³/mol. The molecule has 0 spiro atoms. The number of sulfonamides is 1. The first-order valence-electron chi connectivity index (χ1n) is 8.53. The lowest BCUT2D eigenvalue weighted by atomic mass is 9.90. The van der Waals surface area contributed by atoms with E-state index in [-0.39, 0.29) is 33.8 Å². The number of aromatic nitrogens is 1. The summed E-state index contributed by atoms with van der Waals surface area (Å²) in [5, 5.41) is 6.18. The van der Waals surface area contributed by atoms with Crippen molar-refractivity contribution in [3.05, 3.63) is 36.6 Å². The third-order valence-corrected chi connectivity index (χ3v) is 8.13. The summed E-state index contributed by atoms with van der Waals surface area (Å²) in [5.74, 6) is -1.57. The first-order chi connectivity index (χ1) is 13.4. The number of hydrogen-bond donors (Lipinski definition) is 1. The zero-order valence-electron chi connectivity index (χ0n) is 15.3. The van der Waals surface area contributed by atoms with Crippen molar-refractivity contribution in [2.75, 3.05) is 13.1 Å². The Labute approximate surface area is 169 Å².